The van der Waals surface area contributed by atoms with Crippen molar-refractivity contribution in [1.82, 2.24) is 19.7 Å². The molecule has 1 aliphatic rings. The Bertz CT molecular complexity index is 780. The molecule has 3 rings (SSSR count). The van der Waals surface area contributed by atoms with Gasteiger partial charge in [-0.1, -0.05) is 13.8 Å². The van der Waals surface area contributed by atoms with Crippen molar-refractivity contribution in [2.45, 2.75) is 37.8 Å². The van der Waals surface area contributed by atoms with Crippen LogP contribution in [0.3, 0.4) is 0 Å². The highest BCUT2D eigenvalue weighted by Crippen LogP contribution is 2.22. The minimum Gasteiger partial charge on any atom is -0.347 e. The summed E-state index contributed by atoms with van der Waals surface area (Å²) in [7, 11) is -3.21. The molecule has 0 bridgehead atoms. The highest BCUT2D eigenvalue weighted by molar-refractivity contribution is 7.90. The number of aromatic nitrogens is 4. The first-order chi connectivity index (χ1) is 10.4. The summed E-state index contributed by atoms with van der Waals surface area (Å²) < 4.78 is 25.1. The molecule has 0 saturated heterocycles. The van der Waals surface area contributed by atoms with E-state index in [4.69, 9.17) is 0 Å². The predicted molar refractivity (Wildman–Crippen MR) is 82.5 cm³/mol. The standard InChI is InChI=1S/C14H19N5O2S/c1-10(2)14-17-16-13-9-18(6-7-19(13)14)12-5-4-11(8-15-12)22(3,20)21/h4-5,8,10H,6-7,9H2,1-3H3. The Morgan fingerprint density at radius 1 is 1.18 bits per heavy atom. The van der Waals surface area contributed by atoms with Crippen LogP contribution in [0.1, 0.15) is 31.4 Å². The van der Waals surface area contributed by atoms with Crippen molar-refractivity contribution < 1.29 is 8.42 Å². The average molecular weight is 321 g/mol. The Balaban J connectivity index is 1.83. The molecule has 8 heteroatoms. The first-order valence-electron chi connectivity index (χ1n) is 7.19. The fraction of sp³-hybridized carbons (Fsp3) is 0.500. The van der Waals surface area contributed by atoms with Gasteiger partial charge in [-0.15, -0.1) is 10.2 Å². The first kappa shape index (κ1) is 15.0. The quantitative estimate of drug-likeness (QED) is 0.845. The summed E-state index contributed by atoms with van der Waals surface area (Å²) in [5.74, 6) is 3.03. The van der Waals surface area contributed by atoms with Gasteiger partial charge in [-0.2, -0.15) is 0 Å². The van der Waals surface area contributed by atoms with Crippen LogP contribution in [0.25, 0.3) is 0 Å². The molecule has 0 spiro atoms. The van der Waals surface area contributed by atoms with Crippen molar-refractivity contribution in [1.29, 1.82) is 0 Å². The third kappa shape index (κ3) is 2.70. The largest absolute Gasteiger partial charge is 0.347 e. The number of pyridine rings is 1. The smallest absolute Gasteiger partial charge is 0.177 e. The monoisotopic (exact) mass is 321 g/mol. The van der Waals surface area contributed by atoms with Crippen molar-refractivity contribution in [2.75, 3.05) is 17.7 Å². The lowest BCUT2D eigenvalue weighted by Gasteiger charge is -2.29. The molecule has 0 unspecified atom stereocenters. The molecule has 1 aliphatic heterocycles. The van der Waals surface area contributed by atoms with E-state index in [1.165, 1.54) is 12.5 Å². The van der Waals surface area contributed by atoms with E-state index in [1.807, 2.05) is 0 Å². The zero-order chi connectivity index (χ0) is 15.9. The molecule has 7 nitrogen and oxygen atoms in total. The SMILES string of the molecule is CC(C)c1nnc2n1CCN(c1ccc(S(C)(=O)=O)cn1)C2. The second-order valence-electron chi connectivity index (χ2n) is 5.83. The average Bonchev–Trinajstić information content (AvgIpc) is 2.89. The van der Waals surface area contributed by atoms with Crippen molar-refractivity contribution in [3.05, 3.63) is 30.0 Å². The van der Waals surface area contributed by atoms with Crippen LogP contribution >= 0.6 is 0 Å². The molecule has 0 atom stereocenters. The van der Waals surface area contributed by atoms with E-state index in [0.29, 0.717) is 12.5 Å². The van der Waals surface area contributed by atoms with Gasteiger partial charge < -0.3 is 9.47 Å². The predicted octanol–water partition coefficient (Wildman–Crippen LogP) is 1.22. The van der Waals surface area contributed by atoms with Crippen LogP contribution in [0.5, 0.6) is 0 Å². The first-order valence-corrected chi connectivity index (χ1v) is 9.08. The maximum atomic E-state index is 11.5. The molecule has 0 amide bonds. The van der Waals surface area contributed by atoms with E-state index >= 15 is 0 Å². The zero-order valence-electron chi connectivity index (χ0n) is 12.9. The highest BCUT2D eigenvalue weighted by Gasteiger charge is 2.23. The Kier molecular flexibility index (Phi) is 3.64. The molecule has 0 aliphatic carbocycles. The van der Waals surface area contributed by atoms with Gasteiger partial charge in [0.25, 0.3) is 0 Å². The van der Waals surface area contributed by atoms with E-state index in [-0.39, 0.29) is 4.90 Å². The van der Waals surface area contributed by atoms with Crippen LogP contribution < -0.4 is 4.90 Å². The molecular weight excluding hydrogens is 302 g/mol. The molecule has 0 N–H and O–H groups in total. The summed E-state index contributed by atoms with van der Waals surface area (Å²) in [6.45, 7) is 6.45. The lowest BCUT2D eigenvalue weighted by Crippen LogP contribution is -2.35. The van der Waals surface area contributed by atoms with Crippen molar-refractivity contribution in [3.63, 3.8) is 0 Å². The third-order valence-electron chi connectivity index (χ3n) is 3.77. The number of anilines is 1. The Morgan fingerprint density at radius 2 is 1.95 bits per heavy atom. The molecule has 3 heterocycles. The Labute approximate surface area is 129 Å². The molecule has 22 heavy (non-hydrogen) atoms. The van der Waals surface area contributed by atoms with Gasteiger partial charge >= 0.3 is 0 Å². The number of fused-ring (bicyclic) bond motifs is 1. The van der Waals surface area contributed by atoms with Gasteiger partial charge in [0.15, 0.2) is 15.7 Å². The second-order valence-corrected chi connectivity index (χ2v) is 7.84. The van der Waals surface area contributed by atoms with E-state index in [9.17, 15) is 8.42 Å². The lowest BCUT2D eigenvalue weighted by molar-refractivity contribution is 0.529. The molecule has 2 aromatic heterocycles. The van der Waals surface area contributed by atoms with E-state index < -0.39 is 9.84 Å². The van der Waals surface area contributed by atoms with Crippen LogP contribution in [-0.4, -0.2) is 41.0 Å². The number of sulfone groups is 1. The molecule has 2 aromatic rings. The normalized spacial score (nSPS) is 15.2. The van der Waals surface area contributed by atoms with E-state index in [0.717, 1.165) is 30.6 Å². The van der Waals surface area contributed by atoms with Gasteiger partial charge in [0, 0.05) is 31.5 Å². The molecule has 0 aromatic carbocycles. The van der Waals surface area contributed by atoms with Crippen molar-refractivity contribution >= 4 is 15.7 Å². The number of hydrogen-bond donors (Lipinski definition) is 0. The van der Waals surface area contributed by atoms with E-state index in [1.54, 1.807) is 12.1 Å². The van der Waals surface area contributed by atoms with Gasteiger partial charge in [-0.05, 0) is 12.1 Å². The minimum absolute atomic E-state index is 0.235. The molecule has 0 saturated carbocycles. The molecule has 0 radical (unpaired) electrons. The van der Waals surface area contributed by atoms with Crippen molar-refractivity contribution in [3.8, 4) is 0 Å². The Morgan fingerprint density at radius 3 is 2.55 bits per heavy atom. The highest BCUT2D eigenvalue weighted by atomic mass is 32.2. The lowest BCUT2D eigenvalue weighted by atomic mass is 10.2. The van der Waals surface area contributed by atoms with Crippen LogP contribution in [0, 0.1) is 0 Å². The molecular formula is C14H19N5O2S. The summed E-state index contributed by atoms with van der Waals surface area (Å²) in [6, 6.07) is 3.34. The molecule has 118 valence electrons. The maximum absolute atomic E-state index is 11.5. The maximum Gasteiger partial charge on any atom is 0.177 e. The van der Waals surface area contributed by atoms with Gasteiger partial charge in [0.1, 0.15) is 11.6 Å². The summed E-state index contributed by atoms with van der Waals surface area (Å²) in [5.41, 5.74) is 0. The van der Waals surface area contributed by atoms with Gasteiger partial charge in [-0.25, -0.2) is 13.4 Å². The fourth-order valence-electron chi connectivity index (χ4n) is 2.58. The second kappa shape index (κ2) is 5.35. The Hall–Kier alpha value is -1.96. The minimum atomic E-state index is -3.21. The van der Waals surface area contributed by atoms with Crippen LogP contribution in [0.15, 0.2) is 23.2 Å². The van der Waals surface area contributed by atoms with E-state index in [2.05, 4.69) is 38.5 Å². The van der Waals surface area contributed by atoms with Crippen LogP contribution in [-0.2, 0) is 22.9 Å². The number of hydrogen-bond acceptors (Lipinski definition) is 6. The number of rotatable bonds is 3. The van der Waals surface area contributed by atoms with Crippen LogP contribution in [0.4, 0.5) is 5.82 Å². The third-order valence-corrected chi connectivity index (χ3v) is 4.87. The van der Waals surface area contributed by atoms with Crippen molar-refractivity contribution in [2.24, 2.45) is 0 Å². The summed E-state index contributed by atoms with van der Waals surface area (Å²) >= 11 is 0. The van der Waals surface area contributed by atoms with Gasteiger partial charge in [0.2, 0.25) is 0 Å². The summed E-state index contributed by atoms with van der Waals surface area (Å²) in [5, 5.41) is 8.52. The zero-order valence-corrected chi connectivity index (χ0v) is 13.7. The van der Waals surface area contributed by atoms with Gasteiger partial charge in [-0.3, -0.25) is 0 Å². The number of nitrogens with zero attached hydrogens (tertiary/aromatic N) is 5. The summed E-state index contributed by atoms with van der Waals surface area (Å²) in [6.07, 6.45) is 2.59. The van der Waals surface area contributed by atoms with Crippen LogP contribution in [0.2, 0.25) is 0 Å². The topological polar surface area (TPSA) is 81.0 Å². The summed E-state index contributed by atoms with van der Waals surface area (Å²) in [4.78, 5) is 6.59. The molecule has 0 fully saturated rings. The fourth-order valence-corrected chi connectivity index (χ4v) is 3.14. The van der Waals surface area contributed by atoms with Gasteiger partial charge in [0.05, 0.1) is 11.4 Å².